The fourth-order valence-corrected chi connectivity index (χ4v) is 3.62. The zero-order valence-corrected chi connectivity index (χ0v) is 11.6. The summed E-state index contributed by atoms with van der Waals surface area (Å²) in [6, 6.07) is 8.10. The number of hydrogen-bond acceptors (Lipinski definition) is 4. The number of thiophene rings is 1. The molecule has 0 bridgehead atoms. The van der Waals surface area contributed by atoms with Crippen LogP contribution in [0.25, 0.3) is 0 Å². The molecule has 1 aromatic carbocycles. The van der Waals surface area contributed by atoms with Crippen LogP contribution in [0.2, 0.25) is 5.02 Å². The summed E-state index contributed by atoms with van der Waals surface area (Å²) < 4.78 is 39.2. The lowest BCUT2D eigenvalue weighted by Gasteiger charge is -2.06. The number of halogens is 2. The zero-order chi connectivity index (χ0) is 14.0. The normalized spacial score (nSPS) is 11.0. The molecule has 8 heteroatoms. The third-order valence-corrected chi connectivity index (χ3v) is 5.28. The minimum absolute atomic E-state index is 0.00416. The average Bonchev–Trinajstić information content (AvgIpc) is 2.83. The van der Waals surface area contributed by atoms with Gasteiger partial charge in [0.05, 0.1) is 10.7 Å². The number of hydrogen-bond donors (Lipinski definition) is 1. The molecule has 0 fully saturated rings. The number of rotatable bonds is 3. The van der Waals surface area contributed by atoms with E-state index in [2.05, 4.69) is 4.72 Å². The smallest absolute Gasteiger partial charge is 0.271 e. The molecular weight excluding hydrogens is 311 g/mol. The Morgan fingerprint density at radius 3 is 2.63 bits per heavy atom. The topological polar surface area (TPSA) is 70.0 Å². The second-order valence-corrected chi connectivity index (χ2v) is 6.87. The molecule has 2 aromatic rings. The molecule has 19 heavy (non-hydrogen) atoms. The Balaban J connectivity index is 2.31. The number of benzene rings is 1. The van der Waals surface area contributed by atoms with E-state index >= 15 is 0 Å². The summed E-state index contributed by atoms with van der Waals surface area (Å²) in [5.74, 6) is -0.632. The molecule has 4 nitrogen and oxygen atoms in total. The fourth-order valence-electron chi connectivity index (χ4n) is 1.29. The first-order valence-electron chi connectivity index (χ1n) is 4.90. The first kappa shape index (κ1) is 13.8. The average molecular weight is 317 g/mol. The molecule has 1 N–H and O–H groups in total. The first-order valence-corrected chi connectivity index (χ1v) is 7.58. The molecule has 0 saturated carbocycles. The highest BCUT2D eigenvalue weighted by Crippen LogP contribution is 2.25. The van der Waals surface area contributed by atoms with Crippen molar-refractivity contribution in [2.24, 2.45) is 0 Å². The van der Waals surface area contributed by atoms with Gasteiger partial charge < -0.3 is 0 Å². The Labute approximate surface area is 118 Å². The van der Waals surface area contributed by atoms with Crippen LogP contribution in [0.1, 0.15) is 4.88 Å². The third-order valence-electron chi connectivity index (χ3n) is 2.13. The lowest BCUT2D eigenvalue weighted by molar-refractivity contribution is 0.603. The molecule has 0 amide bonds. The summed E-state index contributed by atoms with van der Waals surface area (Å²) in [5.41, 5.74) is 0.151. The van der Waals surface area contributed by atoms with Crippen molar-refractivity contribution in [3.05, 3.63) is 46.0 Å². The Morgan fingerprint density at radius 2 is 2.05 bits per heavy atom. The van der Waals surface area contributed by atoms with Crippen molar-refractivity contribution >= 4 is 38.6 Å². The van der Waals surface area contributed by atoms with Crippen molar-refractivity contribution in [3.8, 4) is 6.07 Å². The molecule has 0 aliphatic rings. The van der Waals surface area contributed by atoms with Crippen LogP contribution >= 0.6 is 22.9 Å². The first-order chi connectivity index (χ1) is 8.92. The van der Waals surface area contributed by atoms with Crippen LogP contribution in [0, 0.1) is 17.1 Å². The molecule has 0 radical (unpaired) electrons. The van der Waals surface area contributed by atoms with Gasteiger partial charge in [-0.15, -0.1) is 11.3 Å². The number of sulfonamides is 1. The molecule has 98 valence electrons. The van der Waals surface area contributed by atoms with E-state index in [-0.39, 0.29) is 19.8 Å². The molecule has 0 aliphatic carbocycles. The second-order valence-electron chi connectivity index (χ2n) is 3.46. The molecule has 0 unspecified atom stereocenters. The van der Waals surface area contributed by atoms with Crippen LogP contribution in [0.4, 0.5) is 10.1 Å². The van der Waals surface area contributed by atoms with E-state index in [9.17, 15) is 12.8 Å². The summed E-state index contributed by atoms with van der Waals surface area (Å²) in [5, 5.41) is 8.48. The summed E-state index contributed by atoms with van der Waals surface area (Å²) >= 11 is 6.41. The van der Waals surface area contributed by atoms with Crippen molar-refractivity contribution < 1.29 is 12.8 Å². The van der Waals surface area contributed by atoms with Crippen LogP contribution in [0.5, 0.6) is 0 Å². The molecule has 1 aromatic heterocycles. The van der Waals surface area contributed by atoms with Gasteiger partial charge in [-0.2, -0.15) is 5.26 Å². The maximum Gasteiger partial charge on any atom is 0.271 e. The summed E-state index contributed by atoms with van der Waals surface area (Å²) in [7, 11) is -3.80. The number of nitriles is 1. The number of nitrogens with zero attached hydrogens (tertiary/aromatic N) is 1. The monoisotopic (exact) mass is 316 g/mol. The van der Waals surface area contributed by atoms with Gasteiger partial charge in [0, 0.05) is 0 Å². The Morgan fingerprint density at radius 1 is 1.32 bits per heavy atom. The summed E-state index contributed by atoms with van der Waals surface area (Å²) in [4.78, 5) is 0.289. The largest absolute Gasteiger partial charge is 0.279 e. The third kappa shape index (κ3) is 3.04. The van der Waals surface area contributed by atoms with Crippen LogP contribution in [-0.4, -0.2) is 8.42 Å². The molecule has 0 spiro atoms. The number of anilines is 1. The lowest BCUT2D eigenvalue weighted by Crippen LogP contribution is -2.11. The molecule has 1 heterocycles. The molecule has 2 rings (SSSR count). The van der Waals surface area contributed by atoms with Gasteiger partial charge >= 0.3 is 0 Å². The standard InChI is InChI=1S/C11H6ClFN2O2S2/c12-9-5-7(1-3-10(9)13)15-19(16,17)11-4-2-8(6-14)18-11/h1-5,15H. The highest BCUT2D eigenvalue weighted by molar-refractivity contribution is 7.94. The van der Waals surface area contributed by atoms with Gasteiger partial charge in [-0.3, -0.25) is 4.72 Å². The molecular formula is C11H6ClFN2O2S2. The van der Waals surface area contributed by atoms with Gasteiger partial charge in [0.25, 0.3) is 10.0 Å². The van der Waals surface area contributed by atoms with Crippen molar-refractivity contribution in [2.75, 3.05) is 4.72 Å². The molecule has 0 saturated heterocycles. The van der Waals surface area contributed by atoms with Gasteiger partial charge in [-0.1, -0.05) is 11.6 Å². The van der Waals surface area contributed by atoms with E-state index in [0.717, 1.165) is 17.4 Å². The van der Waals surface area contributed by atoms with Crippen LogP contribution in [0.3, 0.4) is 0 Å². The highest BCUT2D eigenvalue weighted by atomic mass is 35.5. The predicted octanol–water partition coefficient (Wildman–Crippen LogP) is 3.21. The molecule has 0 aliphatic heterocycles. The SMILES string of the molecule is N#Cc1ccc(S(=O)(=O)Nc2ccc(F)c(Cl)c2)s1. The predicted molar refractivity (Wildman–Crippen MR) is 71.3 cm³/mol. The van der Waals surface area contributed by atoms with E-state index in [1.807, 2.05) is 6.07 Å². The maximum atomic E-state index is 13.0. The van der Waals surface area contributed by atoms with E-state index in [0.29, 0.717) is 0 Å². The fraction of sp³-hybridized carbons (Fsp3) is 0. The van der Waals surface area contributed by atoms with Gasteiger partial charge in [-0.05, 0) is 30.3 Å². The maximum absolute atomic E-state index is 13.0. The zero-order valence-electron chi connectivity index (χ0n) is 9.22. The molecule has 0 atom stereocenters. The van der Waals surface area contributed by atoms with Crippen LogP contribution < -0.4 is 4.72 Å². The van der Waals surface area contributed by atoms with E-state index < -0.39 is 15.8 Å². The van der Waals surface area contributed by atoms with E-state index in [4.69, 9.17) is 16.9 Å². The van der Waals surface area contributed by atoms with E-state index in [1.165, 1.54) is 24.3 Å². The Hall–Kier alpha value is -1.62. The minimum Gasteiger partial charge on any atom is -0.279 e. The quantitative estimate of drug-likeness (QED) is 0.945. The van der Waals surface area contributed by atoms with Crippen molar-refractivity contribution in [1.29, 1.82) is 5.26 Å². The van der Waals surface area contributed by atoms with Gasteiger partial charge in [0.2, 0.25) is 0 Å². The van der Waals surface area contributed by atoms with Gasteiger partial charge in [-0.25, -0.2) is 12.8 Å². The van der Waals surface area contributed by atoms with Gasteiger partial charge in [0.15, 0.2) is 0 Å². The summed E-state index contributed by atoms with van der Waals surface area (Å²) in [6.45, 7) is 0. The summed E-state index contributed by atoms with van der Waals surface area (Å²) in [6.07, 6.45) is 0. The van der Waals surface area contributed by atoms with Crippen molar-refractivity contribution in [1.82, 2.24) is 0 Å². The van der Waals surface area contributed by atoms with Gasteiger partial charge in [0.1, 0.15) is 21.0 Å². The van der Waals surface area contributed by atoms with Crippen molar-refractivity contribution in [3.63, 3.8) is 0 Å². The van der Waals surface area contributed by atoms with Crippen LogP contribution in [-0.2, 0) is 10.0 Å². The van der Waals surface area contributed by atoms with E-state index in [1.54, 1.807) is 0 Å². The Bertz CT molecular complexity index is 765. The van der Waals surface area contributed by atoms with Crippen LogP contribution in [0.15, 0.2) is 34.5 Å². The lowest BCUT2D eigenvalue weighted by atomic mass is 10.3. The Kier molecular flexibility index (Phi) is 3.75. The number of nitrogens with one attached hydrogen (secondary N) is 1. The highest BCUT2D eigenvalue weighted by Gasteiger charge is 2.17. The van der Waals surface area contributed by atoms with Crippen molar-refractivity contribution in [2.45, 2.75) is 4.21 Å². The minimum atomic E-state index is -3.80. The second kappa shape index (κ2) is 5.17.